The molecule has 1 N–H and O–H groups in total. The lowest BCUT2D eigenvalue weighted by Crippen LogP contribution is -2.34. The zero-order valence-corrected chi connectivity index (χ0v) is 16.2. The lowest BCUT2D eigenvalue weighted by atomic mass is 10.1. The number of carbonyl (C=O) groups excluding carboxylic acids is 2. The topological polar surface area (TPSA) is 102 Å². The highest BCUT2D eigenvalue weighted by molar-refractivity contribution is 6.32. The van der Waals surface area contributed by atoms with Gasteiger partial charge in [0.1, 0.15) is 11.3 Å². The van der Waals surface area contributed by atoms with Crippen LogP contribution in [0.15, 0.2) is 42.5 Å². The van der Waals surface area contributed by atoms with Gasteiger partial charge in [0.05, 0.1) is 9.95 Å². The van der Waals surface area contributed by atoms with Crippen LogP contribution in [0.3, 0.4) is 0 Å². The molecule has 148 valence electrons. The van der Waals surface area contributed by atoms with Gasteiger partial charge in [0.25, 0.3) is 17.5 Å². The number of nitro groups is 1. The van der Waals surface area contributed by atoms with Crippen molar-refractivity contribution in [3.05, 3.63) is 63.2 Å². The van der Waals surface area contributed by atoms with Gasteiger partial charge >= 0.3 is 0 Å². The van der Waals surface area contributed by atoms with Gasteiger partial charge in [-0.25, -0.2) is 0 Å². The number of amides is 2. The van der Waals surface area contributed by atoms with Crippen molar-refractivity contribution >= 4 is 34.8 Å². The summed E-state index contributed by atoms with van der Waals surface area (Å²) in [4.78, 5) is 36.4. The fourth-order valence-corrected chi connectivity index (χ4v) is 2.76. The first-order valence-corrected chi connectivity index (χ1v) is 9.00. The van der Waals surface area contributed by atoms with Crippen molar-refractivity contribution in [2.75, 3.05) is 25.0 Å². The van der Waals surface area contributed by atoms with E-state index in [9.17, 15) is 19.7 Å². The highest BCUT2D eigenvalue weighted by Gasteiger charge is 2.19. The number of benzene rings is 2. The molecule has 2 aromatic rings. The van der Waals surface area contributed by atoms with Gasteiger partial charge in [-0.05, 0) is 38.1 Å². The first kappa shape index (κ1) is 21.2. The first-order chi connectivity index (χ1) is 13.4. The molecule has 0 aliphatic rings. The summed E-state index contributed by atoms with van der Waals surface area (Å²) in [5, 5.41) is 13.8. The molecule has 28 heavy (non-hydrogen) atoms. The molecule has 0 aromatic heterocycles. The van der Waals surface area contributed by atoms with E-state index >= 15 is 0 Å². The minimum atomic E-state index is -0.631. The van der Waals surface area contributed by atoms with Crippen molar-refractivity contribution in [2.24, 2.45) is 0 Å². The molecule has 0 bridgehead atoms. The van der Waals surface area contributed by atoms with Crippen LogP contribution in [0.4, 0.5) is 11.4 Å². The van der Waals surface area contributed by atoms with Crippen molar-refractivity contribution in [1.82, 2.24) is 4.90 Å². The molecule has 0 fully saturated rings. The molecule has 2 amide bonds. The summed E-state index contributed by atoms with van der Waals surface area (Å²) in [6, 6.07) is 10.2. The minimum absolute atomic E-state index is 0.0613. The Balaban J connectivity index is 2.07. The number of para-hydroxylation sites is 1. The maximum Gasteiger partial charge on any atom is 0.282 e. The number of ether oxygens (including phenoxy) is 1. The summed E-state index contributed by atoms with van der Waals surface area (Å²) in [6.07, 6.45) is 0. The summed E-state index contributed by atoms with van der Waals surface area (Å²) in [5.74, 6) is -0.491. The van der Waals surface area contributed by atoms with Crippen LogP contribution in [0.5, 0.6) is 5.75 Å². The third kappa shape index (κ3) is 5.20. The highest BCUT2D eigenvalue weighted by atomic mass is 35.5. The summed E-state index contributed by atoms with van der Waals surface area (Å²) >= 11 is 6.16. The first-order valence-electron chi connectivity index (χ1n) is 8.62. The summed E-state index contributed by atoms with van der Waals surface area (Å²) in [7, 11) is 0. The van der Waals surface area contributed by atoms with Crippen LogP contribution < -0.4 is 10.1 Å². The van der Waals surface area contributed by atoms with Crippen LogP contribution in [-0.2, 0) is 4.79 Å². The molecule has 9 heteroatoms. The molecule has 0 unspecified atom stereocenters. The molecule has 0 saturated carbocycles. The Bertz CT molecular complexity index is 884. The molecule has 2 aromatic carbocycles. The van der Waals surface area contributed by atoms with Crippen LogP contribution in [0.25, 0.3) is 0 Å². The molecular weight excluding hydrogens is 386 g/mol. The smallest absolute Gasteiger partial charge is 0.282 e. The van der Waals surface area contributed by atoms with E-state index in [2.05, 4.69) is 5.32 Å². The lowest BCUT2D eigenvalue weighted by Gasteiger charge is -2.19. The zero-order valence-electron chi connectivity index (χ0n) is 15.5. The van der Waals surface area contributed by atoms with Gasteiger partial charge in [-0.1, -0.05) is 23.7 Å². The Morgan fingerprint density at radius 3 is 2.46 bits per heavy atom. The Morgan fingerprint density at radius 2 is 1.86 bits per heavy atom. The monoisotopic (exact) mass is 405 g/mol. The molecule has 0 saturated heterocycles. The number of hydrogen-bond donors (Lipinski definition) is 1. The molecule has 8 nitrogen and oxygen atoms in total. The Kier molecular flexibility index (Phi) is 7.34. The fraction of sp³-hybridized carbons (Fsp3) is 0.263. The second-order valence-corrected chi connectivity index (χ2v) is 6.14. The fourth-order valence-electron chi connectivity index (χ4n) is 2.53. The predicted molar refractivity (Wildman–Crippen MR) is 106 cm³/mol. The van der Waals surface area contributed by atoms with Crippen LogP contribution >= 0.6 is 11.6 Å². The number of rotatable bonds is 8. The van der Waals surface area contributed by atoms with E-state index in [4.69, 9.17) is 16.3 Å². The zero-order chi connectivity index (χ0) is 20.7. The van der Waals surface area contributed by atoms with E-state index in [1.165, 1.54) is 36.4 Å². The average Bonchev–Trinajstić information content (AvgIpc) is 2.68. The van der Waals surface area contributed by atoms with Gasteiger partial charge in [0, 0.05) is 24.8 Å². The number of nitrogens with zero attached hydrogens (tertiary/aromatic N) is 2. The van der Waals surface area contributed by atoms with E-state index < -0.39 is 10.8 Å². The van der Waals surface area contributed by atoms with Gasteiger partial charge in [-0.15, -0.1) is 0 Å². The van der Waals surface area contributed by atoms with Crippen LogP contribution in [0.2, 0.25) is 5.02 Å². The van der Waals surface area contributed by atoms with Crippen molar-refractivity contribution in [1.29, 1.82) is 0 Å². The van der Waals surface area contributed by atoms with Crippen LogP contribution in [0, 0.1) is 10.1 Å². The Morgan fingerprint density at radius 1 is 1.18 bits per heavy atom. The Hall–Kier alpha value is -3.13. The third-order valence-electron chi connectivity index (χ3n) is 4.00. The van der Waals surface area contributed by atoms with Crippen molar-refractivity contribution in [2.45, 2.75) is 13.8 Å². The van der Waals surface area contributed by atoms with E-state index in [0.717, 1.165) is 0 Å². The van der Waals surface area contributed by atoms with Crippen LogP contribution in [0.1, 0.15) is 24.2 Å². The lowest BCUT2D eigenvalue weighted by molar-refractivity contribution is -0.385. The standard InChI is InChI=1S/C19H20ClN3O5/c1-3-22(4-2)18(24)12-28-17-10-9-13(11-15(17)20)21-19(25)14-7-5-6-8-16(14)23(26)27/h5-11H,3-4,12H2,1-2H3,(H,21,25). The second-order valence-electron chi connectivity index (χ2n) is 5.73. The van der Waals surface area contributed by atoms with Crippen molar-refractivity contribution in [3.8, 4) is 5.75 Å². The number of carbonyl (C=O) groups is 2. The van der Waals surface area contributed by atoms with Gasteiger partial charge in [0.15, 0.2) is 6.61 Å². The largest absolute Gasteiger partial charge is 0.482 e. The third-order valence-corrected chi connectivity index (χ3v) is 4.30. The second kappa shape index (κ2) is 9.70. The molecule has 0 aliphatic carbocycles. The van der Waals surface area contributed by atoms with E-state index in [0.29, 0.717) is 24.5 Å². The van der Waals surface area contributed by atoms with Crippen molar-refractivity contribution < 1.29 is 19.2 Å². The normalized spacial score (nSPS) is 10.2. The van der Waals surface area contributed by atoms with Gasteiger partial charge in [-0.3, -0.25) is 19.7 Å². The van der Waals surface area contributed by atoms with Gasteiger partial charge in [-0.2, -0.15) is 0 Å². The average molecular weight is 406 g/mol. The van der Waals surface area contributed by atoms with Crippen LogP contribution in [-0.4, -0.2) is 41.3 Å². The Labute approximate surface area is 167 Å². The van der Waals surface area contributed by atoms with E-state index in [1.807, 2.05) is 13.8 Å². The number of nitrogens with one attached hydrogen (secondary N) is 1. The summed E-state index contributed by atoms with van der Waals surface area (Å²) in [5.41, 5.74) is -0.00898. The number of nitro benzene ring substituents is 1. The van der Waals surface area contributed by atoms with E-state index in [-0.39, 0.29) is 28.8 Å². The molecule has 0 spiro atoms. The van der Waals surface area contributed by atoms with E-state index in [1.54, 1.807) is 11.0 Å². The molecule has 0 heterocycles. The van der Waals surface area contributed by atoms with Gasteiger partial charge in [0.2, 0.25) is 0 Å². The minimum Gasteiger partial charge on any atom is -0.482 e. The maximum absolute atomic E-state index is 12.4. The number of anilines is 1. The number of hydrogen-bond acceptors (Lipinski definition) is 5. The number of likely N-dealkylation sites (N-methyl/N-ethyl adjacent to an activating group) is 1. The molecule has 0 atom stereocenters. The molecular formula is C19H20ClN3O5. The predicted octanol–water partition coefficient (Wildman–Crippen LogP) is 3.75. The number of halogens is 1. The summed E-state index contributed by atoms with van der Waals surface area (Å²) < 4.78 is 5.45. The highest BCUT2D eigenvalue weighted by Crippen LogP contribution is 2.28. The quantitative estimate of drug-likeness (QED) is 0.532. The maximum atomic E-state index is 12.4. The summed E-state index contributed by atoms with van der Waals surface area (Å²) in [6.45, 7) is 4.78. The SMILES string of the molecule is CCN(CC)C(=O)COc1ccc(NC(=O)c2ccccc2[N+](=O)[O-])cc1Cl. The molecule has 0 radical (unpaired) electrons. The molecule has 2 rings (SSSR count). The van der Waals surface area contributed by atoms with Gasteiger partial charge < -0.3 is 15.0 Å². The molecule has 0 aliphatic heterocycles. The van der Waals surface area contributed by atoms with Crippen molar-refractivity contribution in [3.63, 3.8) is 0 Å².